The molecule has 2 N–H and O–H groups in total. The van der Waals surface area contributed by atoms with Crippen LogP contribution in [0.25, 0.3) is 0 Å². The Balaban J connectivity index is 2.75. The minimum atomic E-state index is -0.643. The maximum atomic E-state index is 12.3. The number of ether oxygens (including phenoxy) is 2. The van der Waals surface area contributed by atoms with Crippen LogP contribution in [0.4, 0.5) is 4.79 Å². The summed E-state index contributed by atoms with van der Waals surface area (Å²) in [7, 11) is 1.34. The Labute approximate surface area is 126 Å². The van der Waals surface area contributed by atoms with E-state index in [1.165, 1.54) is 7.11 Å². The zero-order chi connectivity index (χ0) is 16.4. The molecule has 0 aromatic rings. The van der Waals surface area contributed by atoms with Crippen LogP contribution in [-0.2, 0) is 14.3 Å². The second kappa shape index (κ2) is 6.22. The Morgan fingerprint density at radius 2 is 1.90 bits per heavy atom. The van der Waals surface area contributed by atoms with Crippen LogP contribution in [-0.4, -0.2) is 47.8 Å². The number of likely N-dealkylation sites (tertiary alicyclic amines) is 1. The first-order chi connectivity index (χ1) is 9.48. The van der Waals surface area contributed by atoms with Gasteiger partial charge in [0.05, 0.1) is 7.11 Å². The maximum absolute atomic E-state index is 12.3. The number of rotatable bonds is 2. The van der Waals surface area contributed by atoms with Crippen molar-refractivity contribution in [3.05, 3.63) is 0 Å². The molecule has 2 atom stereocenters. The van der Waals surface area contributed by atoms with E-state index in [0.29, 0.717) is 19.4 Å². The second-order valence-corrected chi connectivity index (χ2v) is 7.25. The van der Waals surface area contributed by atoms with E-state index in [1.54, 1.807) is 4.90 Å². The third-order valence-electron chi connectivity index (χ3n) is 3.81. The summed E-state index contributed by atoms with van der Waals surface area (Å²) in [5.74, 6) is -0.396. The number of esters is 1. The molecule has 1 saturated heterocycles. The van der Waals surface area contributed by atoms with Crippen LogP contribution < -0.4 is 5.73 Å². The monoisotopic (exact) mass is 300 g/mol. The van der Waals surface area contributed by atoms with Crippen molar-refractivity contribution in [3.8, 4) is 0 Å². The van der Waals surface area contributed by atoms with Gasteiger partial charge in [-0.2, -0.15) is 0 Å². The molecule has 2 unspecified atom stereocenters. The molecule has 0 aromatic carbocycles. The summed E-state index contributed by atoms with van der Waals surface area (Å²) in [6.45, 7) is 9.99. The van der Waals surface area contributed by atoms with Crippen LogP contribution >= 0.6 is 0 Å². The van der Waals surface area contributed by atoms with Gasteiger partial charge in [-0.1, -0.05) is 0 Å². The number of carbonyl (C=O) groups is 2. The lowest BCUT2D eigenvalue weighted by molar-refractivity contribution is -0.144. The number of hydrogen-bond donors (Lipinski definition) is 1. The van der Waals surface area contributed by atoms with E-state index < -0.39 is 23.2 Å². The van der Waals surface area contributed by atoms with Gasteiger partial charge in [0.15, 0.2) is 0 Å². The summed E-state index contributed by atoms with van der Waals surface area (Å²) in [6.07, 6.45) is 0.985. The van der Waals surface area contributed by atoms with Gasteiger partial charge in [-0.3, -0.25) is 4.79 Å². The van der Waals surface area contributed by atoms with Crippen molar-refractivity contribution in [2.24, 2.45) is 11.7 Å². The van der Waals surface area contributed by atoms with E-state index in [1.807, 2.05) is 34.6 Å². The van der Waals surface area contributed by atoms with Crippen LogP contribution in [0.3, 0.4) is 0 Å². The van der Waals surface area contributed by atoms with Crippen molar-refractivity contribution in [3.63, 3.8) is 0 Å². The largest absolute Gasteiger partial charge is 0.468 e. The Kier molecular flexibility index (Phi) is 5.25. The van der Waals surface area contributed by atoms with Gasteiger partial charge in [0.1, 0.15) is 11.6 Å². The molecule has 122 valence electrons. The van der Waals surface area contributed by atoms with Crippen molar-refractivity contribution < 1.29 is 19.1 Å². The Morgan fingerprint density at radius 1 is 1.33 bits per heavy atom. The van der Waals surface area contributed by atoms with Crippen LogP contribution in [0.2, 0.25) is 0 Å². The maximum Gasteiger partial charge on any atom is 0.410 e. The molecule has 0 saturated carbocycles. The van der Waals surface area contributed by atoms with Gasteiger partial charge in [0.25, 0.3) is 0 Å². The smallest absolute Gasteiger partial charge is 0.410 e. The molecule has 1 aliphatic rings. The summed E-state index contributed by atoms with van der Waals surface area (Å²) >= 11 is 0. The first kappa shape index (κ1) is 17.8. The average molecular weight is 300 g/mol. The number of hydrogen-bond acceptors (Lipinski definition) is 5. The van der Waals surface area contributed by atoms with Gasteiger partial charge in [-0.05, 0) is 53.4 Å². The Hall–Kier alpha value is -1.30. The highest BCUT2D eigenvalue weighted by atomic mass is 16.6. The fraction of sp³-hybridized carbons (Fsp3) is 0.867. The van der Waals surface area contributed by atoms with E-state index in [4.69, 9.17) is 15.2 Å². The predicted octanol–water partition coefficient (Wildman–Crippen LogP) is 1.91. The summed E-state index contributed by atoms with van der Waals surface area (Å²) in [6, 6.07) is -0.643. The molecule has 1 fully saturated rings. The molecule has 0 aliphatic carbocycles. The first-order valence-corrected chi connectivity index (χ1v) is 7.32. The van der Waals surface area contributed by atoms with Crippen LogP contribution in [0.5, 0.6) is 0 Å². The van der Waals surface area contributed by atoms with Crippen LogP contribution in [0.1, 0.15) is 47.5 Å². The summed E-state index contributed by atoms with van der Waals surface area (Å²) < 4.78 is 10.1. The number of nitrogens with zero attached hydrogens (tertiary/aromatic N) is 1. The van der Waals surface area contributed by atoms with Crippen molar-refractivity contribution in [2.45, 2.75) is 64.6 Å². The van der Waals surface area contributed by atoms with Crippen molar-refractivity contribution in [2.75, 3.05) is 13.7 Å². The number of nitrogens with two attached hydrogens (primary N) is 1. The molecule has 1 rings (SSSR count). The lowest BCUT2D eigenvalue weighted by Crippen LogP contribution is -2.57. The molecular formula is C15H28N2O4. The molecule has 21 heavy (non-hydrogen) atoms. The Morgan fingerprint density at radius 3 is 2.33 bits per heavy atom. The molecule has 0 bridgehead atoms. The van der Waals surface area contributed by atoms with E-state index in [0.717, 1.165) is 0 Å². The van der Waals surface area contributed by atoms with Gasteiger partial charge in [-0.15, -0.1) is 0 Å². The average Bonchev–Trinajstić information content (AvgIpc) is 2.33. The van der Waals surface area contributed by atoms with E-state index in [9.17, 15) is 9.59 Å². The third-order valence-corrected chi connectivity index (χ3v) is 3.81. The highest BCUT2D eigenvalue weighted by Crippen LogP contribution is 2.34. The molecule has 0 spiro atoms. The quantitative estimate of drug-likeness (QED) is 0.788. The van der Waals surface area contributed by atoms with E-state index in [-0.39, 0.29) is 12.0 Å². The van der Waals surface area contributed by atoms with Gasteiger partial charge in [0.2, 0.25) is 0 Å². The van der Waals surface area contributed by atoms with Crippen LogP contribution in [0, 0.1) is 5.92 Å². The highest BCUT2D eigenvalue weighted by molar-refractivity contribution is 5.76. The van der Waals surface area contributed by atoms with Crippen molar-refractivity contribution in [1.82, 2.24) is 4.90 Å². The van der Waals surface area contributed by atoms with Crippen molar-refractivity contribution >= 4 is 12.1 Å². The highest BCUT2D eigenvalue weighted by Gasteiger charge is 2.42. The molecule has 6 nitrogen and oxygen atoms in total. The number of carbonyl (C=O) groups excluding carboxylic acids is 2. The number of piperidine rings is 1. The number of methoxy groups -OCH3 is 1. The molecule has 0 radical (unpaired) electrons. The molecular weight excluding hydrogens is 272 g/mol. The molecule has 1 amide bonds. The second-order valence-electron chi connectivity index (χ2n) is 7.25. The minimum absolute atomic E-state index is 0.00568. The van der Waals surface area contributed by atoms with Crippen LogP contribution in [0.15, 0.2) is 0 Å². The lowest BCUT2D eigenvalue weighted by Gasteiger charge is -2.46. The zero-order valence-electron chi connectivity index (χ0n) is 13.9. The fourth-order valence-corrected chi connectivity index (χ4v) is 2.74. The van der Waals surface area contributed by atoms with Gasteiger partial charge >= 0.3 is 12.1 Å². The standard InChI is InChI=1S/C15H28N2O4/c1-14(2,3)21-13(19)17-8-7-10(9-15(17,4)5)11(16)12(18)20-6/h10-11H,7-9,16H2,1-6H3. The molecule has 0 aromatic heterocycles. The van der Waals surface area contributed by atoms with Crippen molar-refractivity contribution in [1.29, 1.82) is 0 Å². The lowest BCUT2D eigenvalue weighted by atomic mass is 9.79. The van der Waals surface area contributed by atoms with Gasteiger partial charge in [0, 0.05) is 12.1 Å². The summed E-state index contributed by atoms with van der Waals surface area (Å²) in [5.41, 5.74) is 5.01. The number of amides is 1. The third kappa shape index (κ3) is 4.59. The Bertz CT molecular complexity index is 401. The summed E-state index contributed by atoms with van der Waals surface area (Å²) in [4.78, 5) is 25.6. The minimum Gasteiger partial charge on any atom is -0.468 e. The SMILES string of the molecule is COC(=O)C(N)C1CCN(C(=O)OC(C)(C)C)C(C)(C)C1. The van der Waals surface area contributed by atoms with E-state index >= 15 is 0 Å². The summed E-state index contributed by atoms with van der Waals surface area (Å²) in [5, 5.41) is 0. The molecule has 1 heterocycles. The topological polar surface area (TPSA) is 81.9 Å². The van der Waals surface area contributed by atoms with E-state index in [2.05, 4.69) is 0 Å². The first-order valence-electron chi connectivity index (χ1n) is 7.32. The molecule has 6 heteroatoms. The molecule has 1 aliphatic heterocycles. The fourth-order valence-electron chi connectivity index (χ4n) is 2.74. The van der Waals surface area contributed by atoms with Gasteiger partial charge < -0.3 is 20.1 Å². The predicted molar refractivity (Wildman–Crippen MR) is 79.7 cm³/mol. The normalized spacial score (nSPS) is 23.4. The van der Waals surface area contributed by atoms with Gasteiger partial charge in [-0.25, -0.2) is 4.79 Å². The zero-order valence-corrected chi connectivity index (χ0v) is 13.9.